The number of benzene rings is 2. The number of fused-ring (bicyclic) bond motifs is 10. The predicted molar refractivity (Wildman–Crippen MR) is 127 cm³/mol. The van der Waals surface area contributed by atoms with Crippen molar-refractivity contribution in [3.8, 4) is 11.5 Å². The Hall–Kier alpha value is -0.971. The molecular weight excluding hydrogens is 539 g/mol. The number of hydrogen-bond donors (Lipinski definition) is 2. The summed E-state index contributed by atoms with van der Waals surface area (Å²) in [6.45, 7) is -3.31. The Kier molecular flexibility index (Phi) is 0.984. The molecule has 10 aliphatic heterocycles. The fourth-order valence-corrected chi connectivity index (χ4v) is 94.4. The number of hydrogen-bond acceptors (Lipinski definition) is 2. The first-order valence-corrected chi connectivity index (χ1v) is 19.8. The van der Waals surface area contributed by atoms with Crippen molar-refractivity contribution in [2.75, 3.05) is 4.43 Å². The second-order valence-electron chi connectivity index (χ2n) is 14.4. The van der Waals surface area contributed by atoms with E-state index in [1.54, 1.807) is 0 Å². The molecular formula is C27H25FeIO2. The molecule has 31 heavy (non-hydrogen) atoms. The molecule has 0 bridgehead atoms. The molecule has 2 aromatic carbocycles. The van der Waals surface area contributed by atoms with Crippen molar-refractivity contribution < 1.29 is 16.7 Å². The van der Waals surface area contributed by atoms with Crippen LogP contribution in [0, 0.1) is 0 Å². The third-order valence-electron chi connectivity index (χ3n) is 18.3. The van der Waals surface area contributed by atoms with Crippen LogP contribution in [-0.4, -0.2) is 14.6 Å². The zero-order valence-electron chi connectivity index (χ0n) is 17.1. The Morgan fingerprint density at radius 3 is 1.52 bits per heavy atom. The van der Waals surface area contributed by atoms with Gasteiger partial charge in [0.1, 0.15) is 0 Å². The van der Waals surface area contributed by atoms with Crippen LogP contribution in [-0.2, 0) is 6.51 Å². The van der Waals surface area contributed by atoms with Gasteiger partial charge in [0.25, 0.3) is 0 Å². The minimum absolute atomic E-state index is 0.348. The summed E-state index contributed by atoms with van der Waals surface area (Å²) in [6, 6.07) is 16.0. The second kappa shape index (κ2) is 2.03. The Balaban J connectivity index is 1.21. The summed E-state index contributed by atoms with van der Waals surface area (Å²) in [5.41, 5.74) is 5.93. The SMILES string of the molecule is Oc1ccc(C(=C(CCCI)[C]23[CH]4[CH]5[CH]6[CH]2[Fe]56432789[CH]3[CH]2[CH]7[CH]8[CH]39)c2ccc(O)cc2)cc1. The number of aromatic hydroxyl groups is 2. The first-order chi connectivity index (χ1) is 14.9. The summed E-state index contributed by atoms with van der Waals surface area (Å²) in [5, 5.41) is 20.0. The van der Waals surface area contributed by atoms with Gasteiger partial charge in [-0.1, -0.05) is 0 Å². The standard InChI is InChI=1S/C22H20IO2.C5H5.Fe/c23-15-3-6-21(16-4-1-2-5-16)22(17-7-11-19(24)12-8-17)18-9-13-20(25)14-10-18;1-2-4-5-3-1;/h1-2,4-5,7-14,24-25H,3,6,15H2;1-5H;. The zero-order valence-corrected chi connectivity index (χ0v) is 20.3. The van der Waals surface area contributed by atoms with Crippen molar-refractivity contribution in [1.82, 2.24) is 0 Å². The molecule has 0 aliphatic carbocycles. The Bertz CT molecular complexity index is 1580. The van der Waals surface area contributed by atoms with Gasteiger partial charge in [-0.05, 0) is 0 Å². The average molecular weight is 564 g/mol. The van der Waals surface area contributed by atoms with E-state index in [2.05, 4.69) is 46.9 Å². The summed E-state index contributed by atoms with van der Waals surface area (Å²) in [7, 11) is 0. The Morgan fingerprint density at radius 2 is 1.19 bits per heavy atom. The molecule has 2 nitrogen and oxygen atoms in total. The molecule has 10 aliphatic rings. The van der Waals surface area contributed by atoms with Crippen LogP contribution < -0.4 is 0 Å². The van der Waals surface area contributed by atoms with Gasteiger partial charge in [0.2, 0.25) is 0 Å². The molecule has 12 rings (SSSR count). The number of phenols is 2. The van der Waals surface area contributed by atoms with E-state index in [9.17, 15) is 10.2 Å². The molecule has 0 amide bonds. The van der Waals surface area contributed by atoms with Crippen LogP contribution in [0.3, 0.4) is 0 Å². The van der Waals surface area contributed by atoms with Gasteiger partial charge in [-0.2, -0.15) is 0 Å². The van der Waals surface area contributed by atoms with E-state index in [1.807, 2.05) is 29.8 Å². The molecule has 0 aromatic heterocycles. The van der Waals surface area contributed by atoms with Crippen LogP contribution >= 0.6 is 22.6 Å². The van der Waals surface area contributed by atoms with Crippen LogP contribution in [0.15, 0.2) is 54.1 Å². The van der Waals surface area contributed by atoms with E-state index in [-0.39, 0.29) is 0 Å². The fourth-order valence-electron chi connectivity index (χ4n) is 19.5. The van der Waals surface area contributed by atoms with E-state index in [4.69, 9.17) is 0 Å². The molecule has 10 fully saturated rings. The molecule has 2 aromatic rings. The first-order valence-electron chi connectivity index (χ1n) is 12.0. The van der Waals surface area contributed by atoms with Crippen LogP contribution in [0.2, 0.25) is 47.7 Å². The fraction of sp³-hybridized carbons (Fsp3) is 0.481. The summed E-state index contributed by atoms with van der Waals surface area (Å²) in [4.78, 5) is 11.7. The Labute approximate surface area is 185 Å². The van der Waals surface area contributed by atoms with Crippen molar-refractivity contribution in [2.24, 2.45) is 0 Å². The number of rotatable bonds is 6. The van der Waals surface area contributed by atoms with Crippen molar-refractivity contribution in [3.05, 3.63) is 65.2 Å². The average Bonchev–Trinajstić information content (AvgIpc) is 3.72. The van der Waals surface area contributed by atoms with Gasteiger partial charge in [-0.25, -0.2) is 0 Å². The van der Waals surface area contributed by atoms with Crippen molar-refractivity contribution in [3.63, 3.8) is 0 Å². The molecule has 2 N–H and O–H groups in total. The van der Waals surface area contributed by atoms with Crippen molar-refractivity contribution >= 4 is 28.2 Å². The van der Waals surface area contributed by atoms with Gasteiger partial charge < -0.3 is 0 Å². The number of phenolic OH excluding ortho intramolecular Hbond substituents is 2. The molecule has 0 radical (unpaired) electrons. The van der Waals surface area contributed by atoms with Crippen LogP contribution in [0.5, 0.6) is 11.5 Å². The summed E-state index contributed by atoms with van der Waals surface area (Å²) in [5.74, 6) is 0.696. The number of halogens is 1. The van der Waals surface area contributed by atoms with E-state index < -0.39 is 6.51 Å². The van der Waals surface area contributed by atoms with Crippen LogP contribution in [0.1, 0.15) is 24.0 Å². The van der Waals surface area contributed by atoms with Gasteiger partial charge in [0, 0.05) is 0 Å². The summed E-state index contributed by atoms with van der Waals surface area (Å²) >= 11 is 2.57. The third-order valence-corrected chi connectivity index (χ3v) is 61.5. The molecule has 0 saturated carbocycles. The normalized spacial score (nSPS) is 70.3. The molecule has 10 heterocycles. The Morgan fingerprint density at radius 1 is 0.742 bits per heavy atom. The molecule has 4 heteroatoms. The maximum atomic E-state index is 10.00. The third kappa shape index (κ3) is 0.329. The summed E-state index contributed by atoms with van der Waals surface area (Å²) in [6.07, 6.45) is 2.55. The van der Waals surface area contributed by atoms with E-state index in [0.717, 1.165) is 4.31 Å². The number of alkyl halides is 1. The minimum atomic E-state index is -3.31. The topological polar surface area (TPSA) is 40.5 Å². The van der Waals surface area contributed by atoms with Gasteiger partial charge in [-0.15, -0.1) is 0 Å². The van der Waals surface area contributed by atoms with E-state index in [0.29, 0.717) is 11.5 Å². The maximum absolute atomic E-state index is 10.00. The van der Waals surface area contributed by atoms with Gasteiger partial charge in [0.15, 0.2) is 0 Å². The summed E-state index contributed by atoms with van der Waals surface area (Å²) < 4.78 is 1.96. The van der Waals surface area contributed by atoms with Gasteiger partial charge in [0.05, 0.1) is 0 Å². The van der Waals surface area contributed by atoms with Gasteiger partial charge in [-0.3, -0.25) is 0 Å². The van der Waals surface area contributed by atoms with Crippen molar-refractivity contribution in [2.45, 2.75) is 60.5 Å². The molecule has 10 saturated heterocycles. The quantitative estimate of drug-likeness (QED) is 0.213. The van der Waals surface area contributed by atoms with Gasteiger partial charge >= 0.3 is 187 Å². The first kappa shape index (κ1) is 15.0. The molecule has 4 unspecified atom stereocenters. The van der Waals surface area contributed by atoms with E-state index in [1.165, 1.54) is 77.3 Å². The zero-order chi connectivity index (χ0) is 20.3. The molecule has 4 atom stereocenters. The number of allylic oxidation sites excluding steroid dienone is 1. The molecule has 160 valence electrons. The van der Waals surface area contributed by atoms with E-state index >= 15 is 0 Å². The monoisotopic (exact) mass is 564 g/mol. The molecule has 1 spiro atoms. The predicted octanol–water partition coefficient (Wildman–Crippen LogP) is 7.87. The van der Waals surface area contributed by atoms with Crippen LogP contribution in [0.4, 0.5) is 0 Å². The van der Waals surface area contributed by atoms with Crippen LogP contribution in [0.25, 0.3) is 5.57 Å². The van der Waals surface area contributed by atoms with Crippen molar-refractivity contribution in [1.29, 1.82) is 0 Å². The second-order valence-corrected chi connectivity index (χ2v) is 39.1.